The minimum atomic E-state index is -0.629. The summed E-state index contributed by atoms with van der Waals surface area (Å²) in [6.45, 7) is 8.48. The predicted molar refractivity (Wildman–Crippen MR) is 95.9 cm³/mol. The Hall–Kier alpha value is -2.63. The van der Waals surface area contributed by atoms with Gasteiger partial charge in [0.25, 0.3) is 5.91 Å². The Morgan fingerprint density at radius 1 is 1.28 bits per heavy atom. The minimum absolute atomic E-state index is 0.0355. The summed E-state index contributed by atoms with van der Waals surface area (Å²) in [6.07, 6.45) is 0.163. The summed E-state index contributed by atoms with van der Waals surface area (Å²) < 4.78 is 7.56. The van der Waals surface area contributed by atoms with Crippen molar-refractivity contribution < 1.29 is 14.3 Å². The zero-order valence-corrected chi connectivity index (χ0v) is 15.2. The summed E-state index contributed by atoms with van der Waals surface area (Å²) in [6, 6.07) is 8.88. The lowest BCUT2D eigenvalue weighted by Gasteiger charge is -2.15. The first-order valence-electron chi connectivity index (χ1n) is 8.43. The maximum absolute atomic E-state index is 12.1. The van der Waals surface area contributed by atoms with E-state index in [2.05, 4.69) is 10.4 Å². The number of Topliss-reactive ketones (excluding diaryl/α,β-unsaturated/α-hetero) is 1. The third-order valence-corrected chi connectivity index (χ3v) is 3.87. The highest BCUT2D eigenvalue weighted by Gasteiger charge is 2.14. The molecule has 1 atom stereocenters. The standard InChI is InChI=1S/C19H25N3O3/c1-13-11-14(2)22(21-13)10-6-9-20-19(24)16(4)25-18-8-5-7-17(12-18)15(3)23/h5,7-8,11-12,16H,6,9-10H2,1-4H3,(H,20,24). The Bertz CT molecular complexity index is 752. The molecule has 1 aromatic carbocycles. The lowest BCUT2D eigenvalue weighted by Crippen LogP contribution is -2.37. The number of ketones is 1. The summed E-state index contributed by atoms with van der Waals surface area (Å²) in [5, 5.41) is 7.26. The zero-order chi connectivity index (χ0) is 18.4. The number of ether oxygens (including phenoxy) is 1. The van der Waals surface area contributed by atoms with Crippen molar-refractivity contribution in [3.63, 3.8) is 0 Å². The van der Waals surface area contributed by atoms with Gasteiger partial charge in [-0.15, -0.1) is 0 Å². The van der Waals surface area contributed by atoms with Crippen molar-refractivity contribution in [1.29, 1.82) is 0 Å². The van der Waals surface area contributed by atoms with Gasteiger partial charge in [0.1, 0.15) is 5.75 Å². The van der Waals surface area contributed by atoms with Crippen LogP contribution in [0.25, 0.3) is 0 Å². The van der Waals surface area contributed by atoms with Crippen LogP contribution in [0.3, 0.4) is 0 Å². The number of aromatic nitrogens is 2. The third-order valence-electron chi connectivity index (χ3n) is 3.87. The molecule has 0 saturated heterocycles. The number of carbonyl (C=O) groups excluding carboxylic acids is 2. The molecule has 0 aliphatic heterocycles. The Labute approximate surface area is 148 Å². The van der Waals surface area contributed by atoms with Crippen molar-refractivity contribution in [2.75, 3.05) is 6.54 Å². The number of nitrogens with one attached hydrogen (secondary N) is 1. The fourth-order valence-corrected chi connectivity index (χ4v) is 2.53. The Morgan fingerprint density at radius 2 is 2.04 bits per heavy atom. The summed E-state index contributed by atoms with van der Waals surface area (Å²) in [4.78, 5) is 23.5. The molecule has 0 bridgehead atoms. The first-order valence-corrected chi connectivity index (χ1v) is 8.43. The van der Waals surface area contributed by atoms with E-state index in [0.717, 1.165) is 24.4 Å². The molecule has 0 spiro atoms. The molecule has 6 heteroatoms. The maximum Gasteiger partial charge on any atom is 0.260 e. The van der Waals surface area contributed by atoms with Gasteiger partial charge in [-0.05, 0) is 52.3 Å². The SMILES string of the molecule is CC(=O)c1cccc(OC(C)C(=O)NCCCn2nc(C)cc2C)c1. The topological polar surface area (TPSA) is 73.2 Å². The molecule has 6 nitrogen and oxygen atoms in total. The fraction of sp³-hybridized carbons (Fsp3) is 0.421. The Morgan fingerprint density at radius 3 is 2.68 bits per heavy atom. The van der Waals surface area contributed by atoms with Gasteiger partial charge in [0.15, 0.2) is 11.9 Å². The van der Waals surface area contributed by atoms with Gasteiger partial charge >= 0.3 is 0 Å². The van der Waals surface area contributed by atoms with Gasteiger partial charge in [-0.2, -0.15) is 5.10 Å². The normalized spacial score (nSPS) is 11.8. The van der Waals surface area contributed by atoms with Crippen LogP contribution in [0.15, 0.2) is 30.3 Å². The number of hydrogen-bond acceptors (Lipinski definition) is 4. The van der Waals surface area contributed by atoms with E-state index in [0.29, 0.717) is 17.9 Å². The van der Waals surface area contributed by atoms with Crippen molar-refractivity contribution in [3.8, 4) is 5.75 Å². The van der Waals surface area contributed by atoms with Crippen LogP contribution >= 0.6 is 0 Å². The summed E-state index contributed by atoms with van der Waals surface area (Å²) in [5.74, 6) is 0.297. The van der Waals surface area contributed by atoms with E-state index in [-0.39, 0.29) is 11.7 Å². The van der Waals surface area contributed by atoms with Gasteiger partial charge in [-0.3, -0.25) is 14.3 Å². The number of benzene rings is 1. The highest BCUT2D eigenvalue weighted by atomic mass is 16.5. The van der Waals surface area contributed by atoms with Crippen LogP contribution in [-0.4, -0.2) is 34.1 Å². The second-order valence-corrected chi connectivity index (χ2v) is 6.14. The third kappa shape index (κ3) is 5.45. The molecule has 2 rings (SSSR count). The van der Waals surface area contributed by atoms with Crippen LogP contribution < -0.4 is 10.1 Å². The van der Waals surface area contributed by atoms with Crippen LogP contribution in [0.5, 0.6) is 5.75 Å². The van der Waals surface area contributed by atoms with Crippen molar-refractivity contribution in [3.05, 3.63) is 47.3 Å². The summed E-state index contributed by atoms with van der Waals surface area (Å²) in [7, 11) is 0. The second kappa shape index (κ2) is 8.46. The van der Waals surface area contributed by atoms with E-state index < -0.39 is 6.10 Å². The number of rotatable bonds is 8. The number of nitrogens with zero attached hydrogens (tertiary/aromatic N) is 2. The van der Waals surface area contributed by atoms with Crippen molar-refractivity contribution in [2.24, 2.45) is 0 Å². The van der Waals surface area contributed by atoms with Crippen LogP contribution in [-0.2, 0) is 11.3 Å². The average molecular weight is 343 g/mol. The smallest absolute Gasteiger partial charge is 0.260 e. The average Bonchev–Trinajstić information content (AvgIpc) is 2.89. The van der Waals surface area contributed by atoms with E-state index in [1.54, 1.807) is 31.2 Å². The molecule has 1 N–H and O–H groups in total. The largest absolute Gasteiger partial charge is 0.481 e. The van der Waals surface area contributed by atoms with Crippen LogP contribution in [0.2, 0.25) is 0 Å². The van der Waals surface area contributed by atoms with Gasteiger partial charge in [-0.25, -0.2) is 0 Å². The lowest BCUT2D eigenvalue weighted by atomic mass is 10.1. The first kappa shape index (κ1) is 18.7. The van der Waals surface area contributed by atoms with Crippen molar-refractivity contribution >= 4 is 11.7 Å². The predicted octanol–water partition coefficient (Wildman–Crippen LogP) is 2.68. The molecular weight excluding hydrogens is 318 g/mol. The lowest BCUT2D eigenvalue weighted by molar-refractivity contribution is -0.127. The van der Waals surface area contributed by atoms with Crippen LogP contribution in [0.1, 0.15) is 42.0 Å². The van der Waals surface area contributed by atoms with E-state index in [9.17, 15) is 9.59 Å². The van der Waals surface area contributed by atoms with Crippen molar-refractivity contribution in [1.82, 2.24) is 15.1 Å². The number of amides is 1. The highest BCUT2D eigenvalue weighted by Crippen LogP contribution is 2.15. The molecule has 0 saturated carbocycles. The van der Waals surface area contributed by atoms with Gasteiger partial charge in [0.05, 0.1) is 5.69 Å². The fourth-order valence-electron chi connectivity index (χ4n) is 2.53. The molecule has 0 aliphatic rings. The Balaban J connectivity index is 1.77. The van der Waals surface area contributed by atoms with Gasteiger partial charge in [0.2, 0.25) is 0 Å². The monoisotopic (exact) mass is 343 g/mol. The summed E-state index contributed by atoms with van der Waals surface area (Å²) in [5.41, 5.74) is 2.68. The molecule has 1 heterocycles. The van der Waals surface area contributed by atoms with Gasteiger partial charge in [0, 0.05) is 24.3 Å². The Kier molecular flexibility index (Phi) is 6.33. The minimum Gasteiger partial charge on any atom is -0.481 e. The van der Waals surface area contributed by atoms with Crippen LogP contribution in [0.4, 0.5) is 0 Å². The molecule has 134 valence electrons. The number of hydrogen-bond donors (Lipinski definition) is 1. The molecule has 0 fully saturated rings. The molecular formula is C19H25N3O3. The van der Waals surface area contributed by atoms with Gasteiger partial charge < -0.3 is 10.1 Å². The number of carbonyl (C=O) groups is 2. The molecule has 1 aromatic heterocycles. The first-order chi connectivity index (χ1) is 11.9. The molecule has 2 aromatic rings. The highest BCUT2D eigenvalue weighted by molar-refractivity contribution is 5.94. The maximum atomic E-state index is 12.1. The molecule has 1 unspecified atom stereocenters. The second-order valence-electron chi connectivity index (χ2n) is 6.14. The molecule has 25 heavy (non-hydrogen) atoms. The number of aryl methyl sites for hydroxylation is 3. The van der Waals surface area contributed by atoms with Crippen LogP contribution in [0, 0.1) is 13.8 Å². The van der Waals surface area contributed by atoms with E-state index >= 15 is 0 Å². The van der Waals surface area contributed by atoms with Gasteiger partial charge in [-0.1, -0.05) is 12.1 Å². The van der Waals surface area contributed by atoms with Crippen molar-refractivity contribution in [2.45, 2.75) is 46.8 Å². The summed E-state index contributed by atoms with van der Waals surface area (Å²) >= 11 is 0. The quantitative estimate of drug-likeness (QED) is 0.591. The molecule has 1 amide bonds. The molecule has 0 radical (unpaired) electrons. The zero-order valence-electron chi connectivity index (χ0n) is 15.2. The van der Waals surface area contributed by atoms with E-state index in [1.165, 1.54) is 6.92 Å². The molecule has 0 aliphatic carbocycles. The van der Waals surface area contributed by atoms with E-state index in [4.69, 9.17) is 4.74 Å². The van der Waals surface area contributed by atoms with E-state index in [1.807, 2.05) is 24.6 Å².